The minimum atomic E-state index is -1.16. The maximum atomic E-state index is 14.7. The largest absolute Gasteiger partial charge is 0.481 e. The number of carboxylic acid groups (broad SMARTS) is 1. The van der Waals surface area contributed by atoms with Gasteiger partial charge in [0.2, 0.25) is 0 Å². The van der Waals surface area contributed by atoms with Crippen molar-refractivity contribution in [3.63, 3.8) is 0 Å². The van der Waals surface area contributed by atoms with E-state index in [0.29, 0.717) is 24.7 Å². The van der Waals surface area contributed by atoms with E-state index in [1.165, 1.54) is 11.1 Å². The van der Waals surface area contributed by atoms with Crippen LogP contribution >= 0.6 is 0 Å². The third-order valence-electron chi connectivity index (χ3n) is 16.2. The highest BCUT2D eigenvalue weighted by atomic mass is 16.5. The lowest BCUT2D eigenvalue weighted by molar-refractivity contribution is -0.233. The Hall–Kier alpha value is -2.76. The van der Waals surface area contributed by atoms with Crippen LogP contribution in [-0.4, -0.2) is 34.7 Å². The molecule has 6 nitrogen and oxygen atoms in total. The van der Waals surface area contributed by atoms with Gasteiger partial charge in [0.25, 0.3) is 0 Å². The molecule has 4 fully saturated rings. The average Bonchev–Trinajstić information content (AvgIpc) is 3.36. The molecule has 4 saturated carbocycles. The number of rotatable bonds is 9. The van der Waals surface area contributed by atoms with E-state index in [-0.39, 0.29) is 63.5 Å². The van der Waals surface area contributed by atoms with Gasteiger partial charge in [-0.3, -0.25) is 19.2 Å². The molecule has 1 unspecified atom stereocenters. The molecule has 1 N–H and O–H groups in total. The van der Waals surface area contributed by atoms with Crippen molar-refractivity contribution in [2.75, 3.05) is 0 Å². The number of allylic oxidation sites excluding steroid dienone is 2. The van der Waals surface area contributed by atoms with Crippen LogP contribution < -0.4 is 0 Å². The summed E-state index contributed by atoms with van der Waals surface area (Å²) in [6.45, 7) is 21.7. The molecule has 0 bridgehead atoms. The second-order valence-corrected chi connectivity index (χ2v) is 19.9. The number of aliphatic carboxylic acids is 1. The second-order valence-electron chi connectivity index (χ2n) is 19.9. The van der Waals surface area contributed by atoms with Crippen LogP contribution in [0.15, 0.2) is 41.5 Å². The monoisotopic (exact) mass is 700 g/mol. The minimum absolute atomic E-state index is 0.0330. The molecule has 5 aliphatic carbocycles. The number of ether oxygens (including phenoxy) is 1. The van der Waals surface area contributed by atoms with E-state index >= 15 is 0 Å². The lowest BCUT2D eigenvalue weighted by Gasteiger charge is -2.72. The van der Waals surface area contributed by atoms with Gasteiger partial charge in [-0.15, -0.1) is 0 Å². The summed E-state index contributed by atoms with van der Waals surface area (Å²) in [5, 5.41) is 9.60. The molecule has 1 aromatic rings. The van der Waals surface area contributed by atoms with E-state index in [4.69, 9.17) is 4.74 Å². The summed E-state index contributed by atoms with van der Waals surface area (Å²) in [7, 11) is 0. The molecule has 0 amide bonds. The summed E-state index contributed by atoms with van der Waals surface area (Å²) >= 11 is 0. The lowest BCUT2D eigenvalue weighted by atomic mass is 9.33. The number of hydrogen-bond acceptors (Lipinski definition) is 5. The van der Waals surface area contributed by atoms with E-state index in [1.54, 1.807) is 13.8 Å². The predicted octanol–water partition coefficient (Wildman–Crippen LogP) is 10.1. The van der Waals surface area contributed by atoms with Crippen LogP contribution in [0.2, 0.25) is 0 Å². The quantitative estimate of drug-likeness (QED) is 0.258. The lowest BCUT2D eigenvalue weighted by Crippen LogP contribution is -2.66. The van der Waals surface area contributed by atoms with Gasteiger partial charge in [0, 0.05) is 18.3 Å². The summed E-state index contributed by atoms with van der Waals surface area (Å²) in [4.78, 5) is 53.6. The molecule has 0 spiro atoms. The van der Waals surface area contributed by atoms with Gasteiger partial charge < -0.3 is 9.84 Å². The smallest absolute Gasteiger partial charge is 0.309 e. The summed E-state index contributed by atoms with van der Waals surface area (Å²) in [6.07, 6.45) is 8.10. The first-order valence-corrected chi connectivity index (χ1v) is 19.9. The number of fused-ring (bicyclic) bond motifs is 7. The van der Waals surface area contributed by atoms with E-state index < -0.39 is 22.8 Å². The highest BCUT2D eigenvalue weighted by molar-refractivity contribution is 6.07. The Morgan fingerprint density at radius 1 is 0.863 bits per heavy atom. The van der Waals surface area contributed by atoms with E-state index in [9.17, 15) is 24.3 Å². The number of carboxylic acids is 1. The maximum Gasteiger partial charge on any atom is 0.309 e. The van der Waals surface area contributed by atoms with Gasteiger partial charge in [0.1, 0.15) is 11.9 Å². The minimum Gasteiger partial charge on any atom is -0.481 e. The van der Waals surface area contributed by atoms with Crippen molar-refractivity contribution < 1.29 is 29.0 Å². The Bertz CT molecular complexity index is 1620. The first kappa shape index (κ1) is 38.0. The van der Waals surface area contributed by atoms with E-state index in [1.807, 2.05) is 18.2 Å². The van der Waals surface area contributed by atoms with Gasteiger partial charge in [0.05, 0.1) is 17.3 Å². The Morgan fingerprint density at radius 3 is 2.16 bits per heavy atom. The van der Waals surface area contributed by atoms with Gasteiger partial charge in [-0.2, -0.15) is 0 Å². The Labute approximate surface area is 306 Å². The molecule has 51 heavy (non-hydrogen) atoms. The highest BCUT2D eigenvalue weighted by Crippen LogP contribution is 2.77. The maximum absolute atomic E-state index is 14.7. The molecule has 1 aromatic carbocycles. The van der Waals surface area contributed by atoms with Gasteiger partial charge in [-0.05, 0) is 128 Å². The number of carbonyl (C=O) groups excluding carboxylic acids is 3. The Balaban J connectivity index is 1.30. The zero-order valence-corrected chi connectivity index (χ0v) is 33.1. The molecule has 0 saturated heterocycles. The molecule has 6 rings (SSSR count). The van der Waals surface area contributed by atoms with Crippen molar-refractivity contribution in [2.24, 2.45) is 56.2 Å². The van der Waals surface area contributed by atoms with Crippen LogP contribution in [0.4, 0.5) is 0 Å². The third kappa shape index (κ3) is 5.70. The molecule has 6 heteroatoms. The number of benzene rings is 1. The topological polar surface area (TPSA) is 97.7 Å². The van der Waals surface area contributed by atoms with Crippen molar-refractivity contribution >= 4 is 23.5 Å². The van der Waals surface area contributed by atoms with Crippen molar-refractivity contribution in [3.05, 3.63) is 47.0 Å². The van der Waals surface area contributed by atoms with Crippen LogP contribution in [0.3, 0.4) is 0 Å². The summed E-state index contributed by atoms with van der Waals surface area (Å²) in [5.74, 6) is 0.318. The van der Waals surface area contributed by atoms with Crippen molar-refractivity contribution in [2.45, 2.75) is 152 Å². The normalized spacial score (nSPS) is 37.9. The number of carbonyl (C=O) groups is 4. The zero-order chi connectivity index (χ0) is 37.5. The fourth-order valence-electron chi connectivity index (χ4n) is 13.2. The standard InChI is InChI=1S/C45H64O6/c1-27(2)37-31(46)25-45(34(47)24-28(3)29-14-12-11-13-15-29)23-22-43(9)30(38(37)45)16-17-33-42(8)20-19-35(51-36(48)26-40(4,5)39(49)50)41(6,7)32(42)18-21-44(33,43)10/h11-15,27-28,30,32-33,35H,16-26H2,1-10H3,(H,49,50)/t28?,30-,32+,33-,35+,42+,43-,44-,45+/m1/s1. The van der Waals surface area contributed by atoms with E-state index in [0.717, 1.165) is 56.9 Å². The molecule has 5 aliphatic rings. The second kappa shape index (κ2) is 12.7. The van der Waals surface area contributed by atoms with Crippen LogP contribution in [0.1, 0.15) is 151 Å². The van der Waals surface area contributed by atoms with Crippen molar-refractivity contribution in [3.8, 4) is 0 Å². The third-order valence-corrected chi connectivity index (χ3v) is 16.2. The molecular formula is C45H64O6. The number of esters is 1. The van der Waals surface area contributed by atoms with Gasteiger partial charge >= 0.3 is 11.9 Å². The van der Waals surface area contributed by atoms with Crippen LogP contribution in [0, 0.1) is 56.2 Å². The molecular weight excluding hydrogens is 636 g/mol. The SMILES string of the molecule is CC(C)C1=C2[C@H]3CC[C@@H]4[C@@]5(C)CC[C@H](OC(=O)CC(C)(C)C(=O)O)C(C)(C)[C@@H]5CC[C@@]4(C)[C@]3(C)CC[C@@]2(C(=O)CC(C)c2ccccc2)CC1=O. The summed E-state index contributed by atoms with van der Waals surface area (Å²) in [6, 6.07) is 10.3. The molecule has 9 atom stereocenters. The number of hydrogen-bond donors (Lipinski definition) is 1. The van der Waals surface area contributed by atoms with Crippen LogP contribution in [0.5, 0.6) is 0 Å². The van der Waals surface area contributed by atoms with Crippen molar-refractivity contribution in [1.82, 2.24) is 0 Å². The number of ketones is 2. The van der Waals surface area contributed by atoms with Gasteiger partial charge in [0.15, 0.2) is 5.78 Å². The van der Waals surface area contributed by atoms with Crippen LogP contribution in [-0.2, 0) is 23.9 Å². The average molecular weight is 701 g/mol. The number of Topliss-reactive ketones (excluding diaryl/α,β-unsaturated/α-hetero) is 2. The zero-order valence-electron chi connectivity index (χ0n) is 33.1. The highest BCUT2D eigenvalue weighted by Gasteiger charge is 2.71. The first-order valence-electron chi connectivity index (χ1n) is 19.9. The molecule has 0 heterocycles. The fourth-order valence-corrected chi connectivity index (χ4v) is 13.2. The van der Waals surface area contributed by atoms with E-state index in [2.05, 4.69) is 67.5 Å². The van der Waals surface area contributed by atoms with Crippen LogP contribution in [0.25, 0.3) is 0 Å². The Morgan fingerprint density at radius 2 is 1.53 bits per heavy atom. The summed E-state index contributed by atoms with van der Waals surface area (Å²) in [5.41, 5.74) is 1.35. The molecule has 0 aromatic heterocycles. The predicted molar refractivity (Wildman–Crippen MR) is 200 cm³/mol. The molecule has 0 aliphatic heterocycles. The molecule has 0 radical (unpaired) electrons. The van der Waals surface area contributed by atoms with Gasteiger partial charge in [-0.1, -0.05) is 85.7 Å². The molecule has 280 valence electrons. The summed E-state index contributed by atoms with van der Waals surface area (Å²) < 4.78 is 6.16. The van der Waals surface area contributed by atoms with Gasteiger partial charge in [-0.25, -0.2) is 0 Å². The Kier molecular flexibility index (Phi) is 9.45. The van der Waals surface area contributed by atoms with Crippen molar-refractivity contribution in [1.29, 1.82) is 0 Å². The fraction of sp³-hybridized carbons (Fsp3) is 0.733. The first-order chi connectivity index (χ1) is 23.7.